The molecule has 30 heavy (non-hydrogen) atoms. The summed E-state index contributed by atoms with van der Waals surface area (Å²) in [6, 6.07) is -0.719. The third-order valence-electron chi connectivity index (χ3n) is 4.81. The number of ether oxygens (including phenoxy) is 1. The molecule has 1 saturated heterocycles. The van der Waals surface area contributed by atoms with Gasteiger partial charge in [-0.3, -0.25) is 4.79 Å². The van der Waals surface area contributed by atoms with Gasteiger partial charge in [0.1, 0.15) is 16.7 Å². The van der Waals surface area contributed by atoms with E-state index in [4.69, 9.17) is 16.3 Å². The number of rotatable bonds is 2. The Labute approximate surface area is 186 Å². The maximum absolute atomic E-state index is 15.1. The van der Waals surface area contributed by atoms with Crippen LogP contribution in [0.15, 0.2) is 10.8 Å². The maximum Gasteiger partial charge on any atom is 0.410 e. The van der Waals surface area contributed by atoms with Crippen molar-refractivity contribution in [1.29, 1.82) is 0 Å². The first-order valence-electron chi connectivity index (χ1n) is 9.33. The second-order valence-electron chi connectivity index (χ2n) is 8.13. The molecule has 0 radical (unpaired) electrons. The van der Waals surface area contributed by atoms with E-state index in [1.165, 1.54) is 20.7 Å². The van der Waals surface area contributed by atoms with Gasteiger partial charge < -0.3 is 24.2 Å². The van der Waals surface area contributed by atoms with Crippen molar-refractivity contribution in [1.82, 2.24) is 19.4 Å². The highest BCUT2D eigenvalue weighted by atomic mass is 79.9. The van der Waals surface area contributed by atoms with Gasteiger partial charge in [-0.15, -0.1) is 0 Å². The van der Waals surface area contributed by atoms with E-state index in [0.717, 1.165) is 0 Å². The molecule has 1 aliphatic rings. The van der Waals surface area contributed by atoms with Gasteiger partial charge in [0.05, 0.1) is 34.0 Å². The first-order chi connectivity index (χ1) is 14.0. The Kier molecular flexibility index (Phi) is 6.31. The second kappa shape index (κ2) is 8.32. The molecule has 1 N–H and O–H groups in total. The van der Waals surface area contributed by atoms with E-state index in [1.54, 1.807) is 27.8 Å². The fourth-order valence-corrected chi connectivity index (χ4v) is 4.06. The summed E-state index contributed by atoms with van der Waals surface area (Å²) in [6.45, 7) is 5.24. The second-order valence-corrected chi connectivity index (χ2v) is 9.30. The minimum atomic E-state index is -0.865. The third-order valence-corrected chi connectivity index (χ3v) is 6.16. The summed E-state index contributed by atoms with van der Waals surface area (Å²) in [5.41, 5.74) is -0.233. The Morgan fingerprint density at radius 1 is 1.40 bits per heavy atom. The minimum absolute atomic E-state index is 0.0670. The lowest BCUT2D eigenvalue weighted by Gasteiger charge is -2.41. The standard InChI is InChI=1S/C19H23BrClFN4O4/c1-19(2,3)30-18(29)25-5-6-26(10(7-25)8-27)17(28)11-14(22)13(21)12(20)15-16(11)24(4)9-23-15/h9-10,27H,5-8H2,1-4H3/t10-/m1/s1. The number of imidazole rings is 1. The number of aryl methyl sites for hydroxylation is 1. The van der Waals surface area contributed by atoms with Crippen molar-refractivity contribution in [2.45, 2.75) is 32.4 Å². The first kappa shape index (κ1) is 22.8. The van der Waals surface area contributed by atoms with Gasteiger partial charge in [0.25, 0.3) is 5.91 Å². The molecule has 1 aromatic heterocycles. The molecule has 8 nitrogen and oxygen atoms in total. The summed E-state index contributed by atoms with van der Waals surface area (Å²) in [5, 5.41) is 9.63. The molecule has 0 spiro atoms. The van der Waals surface area contributed by atoms with E-state index in [0.29, 0.717) is 11.0 Å². The molecule has 0 aliphatic carbocycles. The van der Waals surface area contributed by atoms with Crippen molar-refractivity contribution in [3.05, 3.63) is 27.2 Å². The predicted molar refractivity (Wildman–Crippen MR) is 113 cm³/mol. The minimum Gasteiger partial charge on any atom is -0.444 e. The summed E-state index contributed by atoms with van der Waals surface area (Å²) in [7, 11) is 1.65. The first-order valence-corrected chi connectivity index (χ1v) is 10.5. The van der Waals surface area contributed by atoms with E-state index in [1.807, 2.05) is 0 Å². The van der Waals surface area contributed by atoms with Crippen LogP contribution in [-0.2, 0) is 11.8 Å². The van der Waals surface area contributed by atoms with Crippen LogP contribution in [-0.4, -0.2) is 74.3 Å². The Morgan fingerprint density at radius 3 is 2.67 bits per heavy atom. The number of hydrogen-bond donors (Lipinski definition) is 1. The van der Waals surface area contributed by atoms with E-state index in [9.17, 15) is 14.7 Å². The van der Waals surface area contributed by atoms with Gasteiger partial charge in [-0.2, -0.15) is 0 Å². The zero-order chi connectivity index (χ0) is 22.4. The van der Waals surface area contributed by atoms with Gasteiger partial charge in [0.15, 0.2) is 5.82 Å². The molecule has 1 atom stereocenters. The molecule has 0 unspecified atom stereocenters. The highest BCUT2D eigenvalue weighted by Gasteiger charge is 2.37. The molecule has 2 heterocycles. The van der Waals surface area contributed by atoms with Gasteiger partial charge in [0.2, 0.25) is 0 Å². The van der Waals surface area contributed by atoms with Gasteiger partial charge in [-0.1, -0.05) is 11.6 Å². The van der Waals surface area contributed by atoms with E-state index >= 15 is 4.39 Å². The van der Waals surface area contributed by atoms with Crippen molar-refractivity contribution in [2.75, 3.05) is 26.2 Å². The van der Waals surface area contributed by atoms with Gasteiger partial charge >= 0.3 is 6.09 Å². The quantitative estimate of drug-likeness (QED) is 0.634. The van der Waals surface area contributed by atoms with Crippen LogP contribution in [0.5, 0.6) is 0 Å². The van der Waals surface area contributed by atoms with Crippen molar-refractivity contribution < 1.29 is 23.8 Å². The van der Waals surface area contributed by atoms with Crippen molar-refractivity contribution in [3.8, 4) is 0 Å². The molecule has 2 aromatic rings. The number of aliphatic hydroxyl groups excluding tert-OH is 1. The van der Waals surface area contributed by atoms with Gasteiger partial charge in [-0.25, -0.2) is 14.2 Å². The lowest BCUT2D eigenvalue weighted by Crippen LogP contribution is -2.58. The number of benzene rings is 1. The predicted octanol–water partition coefficient (Wildman–Crippen LogP) is 3.18. The average molecular weight is 506 g/mol. The number of aromatic nitrogens is 2. The highest BCUT2D eigenvalue weighted by molar-refractivity contribution is 9.10. The van der Waals surface area contributed by atoms with Crippen molar-refractivity contribution in [2.24, 2.45) is 7.05 Å². The number of aliphatic hydroxyl groups is 1. The topological polar surface area (TPSA) is 87.9 Å². The fourth-order valence-electron chi connectivity index (χ4n) is 3.41. The number of hydrogen-bond acceptors (Lipinski definition) is 5. The monoisotopic (exact) mass is 504 g/mol. The Morgan fingerprint density at radius 2 is 2.07 bits per heavy atom. The number of piperazine rings is 1. The SMILES string of the molecule is Cn1cnc2c(Br)c(Cl)c(F)c(C(=O)N3CCN(C(=O)OC(C)(C)C)C[C@@H]3CO)c21. The molecule has 0 saturated carbocycles. The third kappa shape index (κ3) is 4.13. The number of carbonyl (C=O) groups excluding carboxylic acids is 2. The number of nitrogens with zero attached hydrogens (tertiary/aromatic N) is 4. The molecule has 0 bridgehead atoms. The van der Waals surface area contributed by atoms with E-state index in [-0.39, 0.29) is 34.7 Å². The molecule has 2 amide bonds. The van der Waals surface area contributed by atoms with Gasteiger partial charge in [-0.05, 0) is 36.7 Å². The molecule has 1 aliphatic heterocycles. The van der Waals surface area contributed by atoms with Crippen LogP contribution in [0.1, 0.15) is 31.1 Å². The maximum atomic E-state index is 15.1. The van der Waals surface area contributed by atoms with Gasteiger partial charge in [0, 0.05) is 26.7 Å². The molecular weight excluding hydrogens is 483 g/mol. The number of halogens is 3. The summed E-state index contributed by atoms with van der Waals surface area (Å²) in [6.07, 6.45) is 0.936. The average Bonchev–Trinajstić information content (AvgIpc) is 3.05. The van der Waals surface area contributed by atoms with Crippen molar-refractivity contribution >= 4 is 50.6 Å². The van der Waals surface area contributed by atoms with Crippen LogP contribution >= 0.6 is 27.5 Å². The van der Waals surface area contributed by atoms with Crippen LogP contribution in [0.25, 0.3) is 11.0 Å². The zero-order valence-electron chi connectivity index (χ0n) is 17.1. The van der Waals surface area contributed by atoms with Crippen LogP contribution in [0.4, 0.5) is 9.18 Å². The molecule has 1 fully saturated rings. The Hall–Kier alpha value is -1.91. The highest BCUT2D eigenvalue weighted by Crippen LogP contribution is 2.36. The van der Waals surface area contributed by atoms with Crippen LogP contribution in [0.2, 0.25) is 5.02 Å². The Bertz CT molecular complexity index is 1010. The molecule has 11 heteroatoms. The lowest BCUT2D eigenvalue weighted by atomic mass is 10.1. The van der Waals surface area contributed by atoms with Crippen LogP contribution in [0, 0.1) is 5.82 Å². The lowest BCUT2D eigenvalue weighted by molar-refractivity contribution is -0.00250. The van der Waals surface area contributed by atoms with E-state index in [2.05, 4.69) is 20.9 Å². The summed E-state index contributed by atoms with van der Waals surface area (Å²) < 4.78 is 22.3. The summed E-state index contributed by atoms with van der Waals surface area (Å²) >= 11 is 9.32. The largest absolute Gasteiger partial charge is 0.444 e. The normalized spacial score (nSPS) is 17.5. The molecule has 164 valence electrons. The number of fused-ring (bicyclic) bond motifs is 1. The zero-order valence-corrected chi connectivity index (χ0v) is 19.4. The van der Waals surface area contributed by atoms with Crippen molar-refractivity contribution in [3.63, 3.8) is 0 Å². The number of carbonyl (C=O) groups is 2. The fraction of sp³-hybridized carbons (Fsp3) is 0.526. The van der Waals surface area contributed by atoms with Crippen LogP contribution < -0.4 is 0 Å². The summed E-state index contributed by atoms with van der Waals surface area (Å²) in [5.74, 6) is -1.49. The molecule has 1 aromatic carbocycles. The summed E-state index contributed by atoms with van der Waals surface area (Å²) in [4.78, 5) is 32.7. The molecule has 3 rings (SSSR count). The molecular formula is C19H23BrClFN4O4. The smallest absolute Gasteiger partial charge is 0.410 e. The van der Waals surface area contributed by atoms with Crippen LogP contribution in [0.3, 0.4) is 0 Å². The van der Waals surface area contributed by atoms with E-state index < -0.39 is 36.1 Å². The Balaban J connectivity index is 1.93. The number of amides is 2.